The Balaban J connectivity index is 0.00000208. The maximum atomic E-state index is 12.5. The zero-order valence-electron chi connectivity index (χ0n) is 14.6. The van der Waals surface area contributed by atoms with E-state index < -0.39 is 0 Å². The number of nitrogens with one attached hydrogen (secondary N) is 3. The molecule has 0 saturated carbocycles. The van der Waals surface area contributed by atoms with Crippen LogP contribution < -0.4 is 10.6 Å². The van der Waals surface area contributed by atoms with E-state index >= 15 is 0 Å². The van der Waals surface area contributed by atoms with Crippen LogP contribution in [-0.4, -0.2) is 38.5 Å². The molecule has 3 heterocycles. The van der Waals surface area contributed by atoms with Crippen LogP contribution >= 0.6 is 12.4 Å². The monoisotopic (exact) mass is 352 g/mol. The number of H-pyrrole nitrogens is 1. The predicted octanol–water partition coefficient (Wildman–Crippen LogP) is 1.19. The summed E-state index contributed by atoms with van der Waals surface area (Å²) in [6.07, 6.45) is 1.65. The molecule has 0 saturated heterocycles. The van der Waals surface area contributed by atoms with E-state index in [2.05, 4.69) is 32.9 Å². The van der Waals surface area contributed by atoms with Crippen molar-refractivity contribution in [1.29, 1.82) is 0 Å². The van der Waals surface area contributed by atoms with Gasteiger partial charge in [-0.3, -0.25) is 14.6 Å². The molecule has 1 atom stereocenters. The molecule has 0 radical (unpaired) electrons. The highest BCUT2D eigenvalue weighted by Gasteiger charge is 2.23. The standard InChI is InChI=1S/C16H24N6O.ClH/c1-9(7-12-10(2)21-22(4)11(12)3)18-16(23)15-13-8-17-6-5-14(13)19-20-15;/h9,17H,5-8H2,1-4H3,(H,18,23)(H,19,20);1H. The fourth-order valence-corrected chi connectivity index (χ4v) is 3.18. The molecule has 3 N–H and O–H groups in total. The highest BCUT2D eigenvalue weighted by Crippen LogP contribution is 2.17. The number of fused-ring (bicyclic) bond motifs is 1. The van der Waals surface area contributed by atoms with E-state index in [0.717, 1.165) is 42.0 Å². The van der Waals surface area contributed by atoms with Gasteiger partial charge in [-0.1, -0.05) is 0 Å². The van der Waals surface area contributed by atoms with E-state index in [0.29, 0.717) is 12.2 Å². The van der Waals surface area contributed by atoms with Gasteiger partial charge in [0.05, 0.1) is 5.69 Å². The fourth-order valence-electron chi connectivity index (χ4n) is 3.18. The molecule has 1 aliphatic heterocycles. The van der Waals surface area contributed by atoms with Gasteiger partial charge >= 0.3 is 0 Å². The van der Waals surface area contributed by atoms with Crippen molar-refractivity contribution in [1.82, 2.24) is 30.6 Å². The summed E-state index contributed by atoms with van der Waals surface area (Å²) in [4.78, 5) is 12.5. The Bertz CT molecular complexity index is 735. The maximum Gasteiger partial charge on any atom is 0.272 e. The molecule has 2 aromatic heterocycles. The summed E-state index contributed by atoms with van der Waals surface area (Å²) in [7, 11) is 1.94. The van der Waals surface area contributed by atoms with Gasteiger partial charge in [0, 0.05) is 49.6 Å². The Morgan fingerprint density at radius 1 is 1.42 bits per heavy atom. The molecule has 1 amide bonds. The van der Waals surface area contributed by atoms with Crippen LogP contribution in [0, 0.1) is 13.8 Å². The molecule has 0 aromatic carbocycles. The van der Waals surface area contributed by atoms with E-state index in [4.69, 9.17) is 0 Å². The average molecular weight is 353 g/mol. The number of halogens is 1. The first kappa shape index (κ1) is 18.5. The molecule has 0 fully saturated rings. The van der Waals surface area contributed by atoms with Crippen molar-refractivity contribution in [2.45, 2.75) is 46.2 Å². The van der Waals surface area contributed by atoms with Crippen LogP contribution in [0.3, 0.4) is 0 Å². The van der Waals surface area contributed by atoms with Crippen LogP contribution in [0.1, 0.15) is 45.6 Å². The Kier molecular flexibility index (Phi) is 5.66. The van der Waals surface area contributed by atoms with E-state index in [1.54, 1.807) is 0 Å². The summed E-state index contributed by atoms with van der Waals surface area (Å²) in [5.74, 6) is -0.113. The number of rotatable bonds is 4. The summed E-state index contributed by atoms with van der Waals surface area (Å²) in [5.41, 5.74) is 5.94. The largest absolute Gasteiger partial charge is 0.348 e. The number of carbonyl (C=O) groups is 1. The number of hydrogen-bond acceptors (Lipinski definition) is 4. The maximum absolute atomic E-state index is 12.5. The van der Waals surface area contributed by atoms with Gasteiger partial charge in [0.15, 0.2) is 5.69 Å². The molecule has 8 heteroatoms. The Morgan fingerprint density at radius 2 is 2.17 bits per heavy atom. The van der Waals surface area contributed by atoms with E-state index in [9.17, 15) is 4.79 Å². The van der Waals surface area contributed by atoms with Crippen LogP contribution in [0.25, 0.3) is 0 Å². The zero-order valence-corrected chi connectivity index (χ0v) is 15.4. The Labute approximate surface area is 148 Å². The lowest BCUT2D eigenvalue weighted by Gasteiger charge is -2.16. The molecule has 7 nitrogen and oxygen atoms in total. The quantitative estimate of drug-likeness (QED) is 0.771. The van der Waals surface area contributed by atoms with Gasteiger partial charge in [-0.25, -0.2) is 0 Å². The number of nitrogens with zero attached hydrogens (tertiary/aromatic N) is 3. The SMILES string of the molecule is Cc1nn(C)c(C)c1CC(C)NC(=O)c1n[nH]c2c1CNCC2.Cl. The van der Waals surface area contributed by atoms with Gasteiger partial charge in [-0.2, -0.15) is 10.2 Å². The Morgan fingerprint density at radius 3 is 2.83 bits per heavy atom. The van der Waals surface area contributed by atoms with Gasteiger partial charge in [0.2, 0.25) is 0 Å². The number of hydrogen-bond donors (Lipinski definition) is 3. The number of aromatic nitrogens is 4. The molecule has 1 aliphatic rings. The van der Waals surface area contributed by atoms with E-state index in [-0.39, 0.29) is 24.4 Å². The first-order valence-corrected chi connectivity index (χ1v) is 8.04. The van der Waals surface area contributed by atoms with Crippen LogP contribution in [0.2, 0.25) is 0 Å². The van der Waals surface area contributed by atoms with Crippen molar-refractivity contribution < 1.29 is 4.79 Å². The molecule has 0 aliphatic carbocycles. The fraction of sp³-hybridized carbons (Fsp3) is 0.562. The summed E-state index contributed by atoms with van der Waals surface area (Å²) in [5, 5.41) is 18.0. The summed E-state index contributed by atoms with van der Waals surface area (Å²) in [6.45, 7) is 7.70. The lowest BCUT2D eigenvalue weighted by Crippen LogP contribution is -2.35. The number of aryl methyl sites for hydroxylation is 2. The Hall–Kier alpha value is -1.86. The van der Waals surface area contributed by atoms with Crippen molar-refractivity contribution >= 4 is 18.3 Å². The highest BCUT2D eigenvalue weighted by atomic mass is 35.5. The smallest absolute Gasteiger partial charge is 0.272 e. The summed E-state index contributed by atoms with van der Waals surface area (Å²) in [6, 6.07) is 0.0213. The molecule has 24 heavy (non-hydrogen) atoms. The van der Waals surface area contributed by atoms with E-state index in [1.165, 1.54) is 5.56 Å². The first-order chi connectivity index (χ1) is 11.0. The third-order valence-electron chi connectivity index (χ3n) is 4.57. The van der Waals surface area contributed by atoms with Crippen molar-refractivity contribution in [2.24, 2.45) is 7.05 Å². The van der Waals surface area contributed by atoms with Crippen molar-refractivity contribution in [3.63, 3.8) is 0 Å². The van der Waals surface area contributed by atoms with Crippen LogP contribution in [0.15, 0.2) is 0 Å². The minimum atomic E-state index is -0.113. The highest BCUT2D eigenvalue weighted by molar-refractivity contribution is 5.94. The van der Waals surface area contributed by atoms with Crippen LogP contribution in [0.5, 0.6) is 0 Å². The molecule has 0 bridgehead atoms. The summed E-state index contributed by atoms with van der Waals surface area (Å²) < 4.78 is 1.88. The first-order valence-electron chi connectivity index (χ1n) is 8.04. The van der Waals surface area contributed by atoms with Gasteiger partial charge < -0.3 is 10.6 Å². The van der Waals surface area contributed by atoms with Crippen molar-refractivity contribution in [3.8, 4) is 0 Å². The molecule has 1 unspecified atom stereocenters. The molecule has 132 valence electrons. The predicted molar refractivity (Wildman–Crippen MR) is 94.6 cm³/mol. The second-order valence-electron chi connectivity index (χ2n) is 6.31. The number of amides is 1. The zero-order chi connectivity index (χ0) is 16.6. The molecular formula is C16H25ClN6O. The second-order valence-corrected chi connectivity index (χ2v) is 6.31. The minimum Gasteiger partial charge on any atom is -0.348 e. The lowest BCUT2D eigenvalue weighted by atomic mass is 10.0. The number of aromatic amines is 1. The lowest BCUT2D eigenvalue weighted by molar-refractivity contribution is 0.0933. The molecule has 0 spiro atoms. The minimum absolute atomic E-state index is 0. The van der Waals surface area contributed by atoms with Gasteiger partial charge in [-0.15, -0.1) is 12.4 Å². The third-order valence-corrected chi connectivity index (χ3v) is 4.57. The van der Waals surface area contributed by atoms with Gasteiger partial charge in [0.25, 0.3) is 5.91 Å². The molecule has 3 rings (SSSR count). The van der Waals surface area contributed by atoms with Gasteiger partial charge in [-0.05, 0) is 32.8 Å². The van der Waals surface area contributed by atoms with E-state index in [1.807, 2.05) is 25.6 Å². The van der Waals surface area contributed by atoms with Gasteiger partial charge in [0.1, 0.15) is 0 Å². The normalized spacial score (nSPS) is 14.7. The van der Waals surface area contributed by atoms with Crippen molar-refractivity contribution in [3.05, 3.63) is 33.9 Å². The summed E-state index contributed by atoms with van der Waals surface area (Å²) >= 11 is 0. The third kappa shape index (κ3) is 3.47. The van der Waals surface area contributed by atoms with Crippen molar-refractivity contribution in [2.75, 3.05) is 6.54 Å². The second kappa shape index (κ2) is 7.36. The van der Waals surface area contributed by atoms with Crippen LogP contribution in [-0.2, 0) is 26.4 Å². The van der Waals surface area contributed by atoms with Crippen LogP contribution in [0.4, 0.5) is 0 Å². The average Bonchev–Trinajstić information content (AvgIpc) is 3.04. The topological polar surface area (TPSA) is 87.6 Å². The molecule has 2 aromatic rings. The number of carbonyl (C=O) groups excluding carboxylic acids is 1. The molecular weight excluding hydrogens is 328 g/mol.